The van der Waals surface area contributed by atoms with E-state index in [0.29, 0.717) is 44.4 Å². The molecule has 4 unspecified atom stereocenters. The molecule has 4 atom stereocenters. The van der Waals surface area contributed by atoms with E-state index in [-0.39, 0.29) is 31.3 Å². The fourth-order valence-electron chi connectivity index (χ4n) is 3.73. The summed E-state index contributed by atoms with van der Waals surface area (Å²) in [5, 5.41) is 19.7. The Hall–Kier alpha value is -3.11. The highest BCUT2D eigenvalue weighted by atomic mass is 32.2. The summed E-state index contributed by atoms with van der Waals surface area (Å²) in [5.41, 5.74) is 22.0. The molecule has 236 valence electrons. The second kappa shape index (κ2) is 21.6. The Morgan fingerprint density at radius 2 is 1.46 bits per heavy atom. The van der Waals surface area contributed by atoms with E-state index in [1.807, 2.05) is 20.1 Å². The van der Waals surface area contributed by atoms with Crippen molar-refractivity contribution in [2.45, 2.75) is 83.0 Å². The van der Waals surface area contributed by atoms with Crippen LogP contribution >= 0.6 is 11.8 Å². The van der Waals surface area contributed by atoms with Gasteiger partial charge in [0.05, 0.1) is 12.6 Å². The summed E-state index contributed by atoms with van der Waals surface area (Å²) in [7, 11) is 0. The highest BCUT2D eigenvalue weighted by Crippen LogP contribution is 2.07. The number of amides is 4. The van der Waals surface area contributed by atoms with Gasteiger partial charge >= 0.3 is 5.97 Å². The van der Waals surface area contributed by atoms with Gasteiger partial charge in [-0.2, -0.15) is 11.8 Å². The van der Waals surface area contributed by atoms with Crippen LogP contribution < -0.4 is 44.2 Å². The van der Waals surface area contributed by atoms with E-state index in [0.717, 1.165) is 0 Å². The number of unbranched alkanes of at least 4 members (excludes halogenated alkanes) is 1. The van der Waals surface area contributed by atoms with E-state index in [9.17, 15) is 29.1 Å². The molecule has 0 aliphatic rings. The van der Waals surface area contributed by atoms with Gasteiger partial charge in [0.2, 0.25) is 23.6 Å². The lowest BCUT2D eigenvalue weighted by molar-refractivity contribution is -0.142. The topological polar surface area (TPSA) is 270 Å². The molecule has 0 rings (SSSR count). The Bertz CT molecular complexity index is 871. The molecule has 41 heavy (non-hydrogen) atoms. The first kappa shape index (κ1) is 37.9. The summed E-state index contributed by atoms with van der Waals surface area (Å²) < 4.78 is 0. The zero-order chi connectivity index (χ0) is 31.4. The van der Waals surface area contributed by atoms with Gasteiger partial charge in [0, 0.05) is 6.54 Å². The van der Waals surface area contributed by atoms with E-state index < -0.39 is 60.3 Å². The summed E-state index contributed by atoms with van der Waals surface area (Å²) in [6.07, 6.45) is 4.34. The molecule has 0 bridgehead atoms. The van der Waals surface area contributed by atoms with Crippen molar-refractivity contribution in [1.29, 1.82) is 0 Å². The molecule has 15 nitrogen and oxygen atoms in total. The highest BCUT2D eigenvalue weighted by molar-refractivity contribution is 7.98. The van der Waals surface area contributed by atoms with E-state index in [1.54, 1.807) is 0 Å². The van der Waals surface area contributed by atoms with Crippen molar-refractivity contribution >= 4 is 47.3 Å². The maximum atomic E-state index is 12.9. The first-order chi connectivity index (χ1) is 19.3. The number of aliphatic imine (C=N–C) groups is 1. The number of nitrogens with one attached hydrogen (secondary N) is 4. The van der Waals surface area contributed by atoms with Gasteiger partial charge in [0.15, 0.2) is 5.96 Å². The SMILES string of the molecule is CSCCC(NC(=O)C(N)CC(C)C)C(=O)NCC(=O)NC(CCCCN)C(=O)NC(CCCN=C(N)N)C(=O)O. The summed E-state index contributed by atoms with van der Waals surface area (Å²) in [6.45, 7) is 3.99. The maximum Gasteiger partial charge on any atom is 0.326 e. The van der Waals surface area contributed by atoms with Crippen molar-refractivity contribution in [3.05, 3.63) is 0 Å². The number of nitrogens with two attached hydrogens (primary N) is 4. The number of thioether (sulfide) groups is 1. The van der Waals surface area contributed by atoms with E-state index in [1.165, 1.54) is 11.8 Å². The molecule has 0 spiro atoms. The number of hydrogen-bond donors (Lipinski definition) is 9. The Kier molecular flexibility index (Phi) is 20.0. The zero-order valence-corrected chi connectivity index (χ0v) is 25.1. The standard InChI is InChI=1S/C25H49N9O6S/c1-15(2)13-16(27)21(36)33-18(9-12-41-3)22(37)31-14-20(35)32-17(7-4-5-10-26)23(38)34-19(24(39)40)8-6-11-30-25(28)29/h15-19H,4-14,26-27H2,1-3H3,(H,31,37)(H,32,35)(H,33,36)(H,34,38)(H,39,40)(H4,28,29,30). The Labute approximate surface area is 246 Å². The molecule has 0 aromatic carbocycles. The summed E-state index contributed by atoms with van der Waals surface area (Å²) >= 11 is 1.50. The second-order valence-corrected chi connectivity index (χ2v) is 11.0. The molecule has 4 amide bonds. The normalized spacial score (nSPS) is 13.8. The maximum absolute atomic E-state index is 12.9. The van der Waals surface area contributed by atoms with Crippen molar-refractivity contribution in [3.63, 3.8) is 0 Å². The molecule has 0 heterocycles. The van der Waals surface area contributed by atoms with Crippen LogP contribution in [0.4, 0.5) is 0 Å². The quantitative estimate of drug-likeness (QED) is 0.0369. The monoisotopic (exact) mass is 603 g/mol. The Balaban J connectivity index is 5.23. The van der Waals surface area contributed by atoms with Gasteiger partial charge in [-0.3, -0.25) is 24.2 Å². The van der Waals surface area contributed by atoms with Crippen LogP contribution in [0.2, 0.25) is 0 Å². The first-order valence-corrected chi connectivity index (χ1v) is 15.1. The molecule has 0 aromatic heterocycles. The summed E-state index contributed by atoms with van der Waals surface area (Å²) in [4.78, 5) is 66.3. The fraction of sp³-hybridized carbons (Fsp3) is 0.760. The van der Waals surface area contributed by atoms with E-state index in [2.05, 4.69) is 26.3 Å². The third kappa shape index (κ3) is 18.0. The molecule has 0 aliphatic carbocycles. The summed E-state index contributed by atoms with van der Waals surface area (Å²) in [5.74, 6) is -2.93. The smallest absolute Gasteiger partial charge is 0.326 e. The molecule has 0 aliphatic heterocycles. The second-order valence-electron chi connectivity index (χ2n) is 10.0. The first-order valence-electron chi connectivity index (χ1n) is 13.7. The van der Waals surface area contributed by atoms with Crippen LogP contribution in [0, 0.1) is 5.92 Å². The predicted molar refractivity (Wildman–Crippen MR) is 160 cm³/mol. The molecule has 16 heteroatoms. The van der Waals surface area contributed by atoms with Crippen molar-refractivity contribution < 1.29 is 29.1 Å². The third-order valence-electron chi connectivity index (χ3n) is 5.89. The minimum absolute atomic E-state index is 0.0708. The van der Waals surface area contributed by atoms with Gasteiger partial charge in [-0.1, -0.05) is 13.8 Å². The van der Waals surface area contributed by atoms with Crippen LogP contribution in [0.25, 0.3) is 0 Å². The lowest BCUT2D eigenvalue weighted by Gasteiger charge is -2.23. The Morgan fingerprint density at radius 1 is 0.854 bits per heavy atom. The van der Waals surface area contributed by atoms with Gasteiger partial charge in [0.25, 0.3) is 0 Å². The third-order valence-corrected chi connectivity index (χ3v) is 6.53. The molecule has 0 radical (unpaired) electrons. The van der Waals surface area contributed by atoms with Crippen molar-refractivity contribution in [2.75, 3.05) is 31.6 Å². The van der Waals surface area contributed by atoms with Crippen molar-refractivity contribution in [3.8, 4) is 0 Å². The minimum atomic E-state index is -1.24. The van der Waals surface area contributed by atoms with Gasteiger partial charge in [-0.25, -0.2) is 4.79 Å². The molecule has 0 aromatic rings. The lowest BCUT2D eigenvalue weighted by Crippen LogP contribution is -2.55. The lowest BCUT2D eigenvalue weighted by atomic mass is 10.0. The average molecular weight is 604 g/mol. The van der Waals surface area contributed by atoms with Crippen LogP contribution in [0.1, 0.15) is 58.8 Å². The van der Waals surface area contributed by atoms with Crippen LogP contribution in [0.5, 0.6) is 0 Å². The zero-order valence-electron chi connectivity index (χ0n) is 24.3. The summed E-state index contributed by atoms with van der Waals surface area (Å²) in [6, 6.07) is -3.92. The number of carboxylic acids is 1. The largest absolute Gasteiger partial charge is 0.480 e. The van der Waals surface area contributed by atoms with Gasteiger partial charge in [-0.15, -0.1) is 0 Å². The minimum Gasteiger partial charge on any atom is -0.480 e. The number of hydrogen-bond acceptors (Lipinski definition) is 9. The van der Waals surface area contributed by atoms with Gasteiger partial charge in [-0.05, 0) is 69.4 Å². The predicted octanol–water partition coefficient (Wildman–Crippen LogP) is -2.05. The molecule has 13 N–H and O–H groups in total. The molecule has 0 fully saturated rings. The number of carbonyl (C=O) groups excluding carboxylic acids is 4. The molecular weight excluding hydrogens is 554 g/mol. The van der Waals surface area contributed by atoms with E-state index >= 15 is 0 Å². The average Bonchev–Trinajstić information content (AvgIpc) is 2.89. The number of rotatable bonds is 22. The fourth-order valence-corrected chi connectivity index (χ4v) is 4.20. The van der Waals surface area contributed by atoms with Crippen molar-refractivity contribution in [2.24, 2.45) is 33.8 Å². The Morgan fingerprint density at radius 3 is 2.02 bits per heavy atom. The number of carbonyl (C=O) groups is 5. The van der Waals surface area contributed by atoms with Gasteiger partial charge < -0.3 is 49.3 Å². The van der Waals surface area contributed by atoms with Crippen LogP contribution in [0.3, 0.4) is 0 Å². The number of nitrogens with zero attached hydrogens (tertiary/aromatic N) is 1. The van der Waals surface area contributed by atoms with Crippen LogP contribution in [-0.4, -0.2) is 96.5 Å². The highest BCUT2D eigenvalue weighted by Gasteiger charge is 2.27. The van der Waals surface area contributed by atoms with E-state index in [4.69, 9.17) is 22.9 Å². The molecule has 0 saturated carbocycles. The van der Waals surface area contributed by atoms with Crippen molar-refractivity contribution in [1.82, 2.24) is 21.3 Å². The number of carboxylic acid groups (broad SMARTS) is 1. The van der Waals surface area contributed by atoms with Crippen LogP contribution in [-0.2, 0) is 24.0 Å². The van der Waals surface area contributed by atoms with Gasteiger partial charge in [0.1, 0.15) is 18.1 Å². The molecular formula is C25H49N9O6S. The number of aliphatic carboxylic acids is 1. The van der Waals surface area contributed by atoms with Crippen LogP contribution in [0.15, 0.2) is 4.99 Å². The molecule has 0 saturated heterocycles. The number of guanidine groups is 1.